The Balaban J connectivity index is 1.08. The molecule has 4 nitrogen and oxygen atoms in total. The molecule has 0 radical (unpaired) electrons. The molecular formula is C65H81NO3. The van der Waals surface area contributed by atoms with Crippen molar-refractivity contribution < 1.29 is 19.5 Å². The largest absolute Gasteiger partial charge is 0.525 e. The zero-order chi connectivity index (χ0) is 48.7. The summed E-state index contributed by atoms with van der Waals surface area (Å²) < 4.78 is 8.40. The Bertz CT molecular complexity index is 2730. The van der Waals surface area contributed by atoms with E-state index in [0.717, 1.165) is 86.4 Å². The van der Waals surface area contributed by atoms with Crippen LogP contribution in [0.15, 0.2) is 78.6 Å². The van der Waals surface area contributed by atoms with Gasteiger partial charge in [-0.3, -0.25) is 0 Å². The summed E-state index contributed by atoms with van der Waals surface area (Å²) in [6.45, 7) is 27.9. The van der Waals surface area contributed by atoms with E-state index in [9.17, 15) is 10.2 Å². The lowest BCUT2D eigenvalue weighted by Gasteiger charge is -2.57. The summed E-state index contributed by atoms with van der Waals surface area (Å²) >= 11 is 0. The van der Waals surface area contributed by atoms with E-state index in [1.807, 2.05) is 0 Å². The minimum atomic E-state index is -0.115. The number of allylic oxidation sites excluding steroid dienone is 1. The van der Waals surface area contributed by atoms with Crippen LogP contribution in [0, 0.1) is 41.5 Å². The number of ether oxygens (including phenoxy) is 1. The average Bonchev–Trinajstić information content (AvgIpc) is 3.27. The van der Waals surface area contributed by atoms with Gasteiger partial charge in [-0.1, -0.05) is 135 Å². The highest BCUT2D eigenvalue weighted by Gasteiger charge is 2.54. The van der Waals surface area contributed by atoms with Crippen LogP contribution in [0.2, 0.25) is 0 Å². The Morgan fingerprint density at radius 2 is 0.971 bits per heavy atom. The number of rotatable bonds is 9. The Morgan fingerprint density at radius 1 is 0.565 bits per heavy atom. The first-order valence-corrected chi connectivity index (χ1v) is 27.1. The molecule has 0 unspecified atom stereocenters. The monoisotopic (exact) mass is 924 g/mol. The predicted molar refractivity (Wildman–Crippen MR) is 285 cm³/mol. The smallest absolute Gasteiger partial charge is 0.164 e. The number of phenolic OH excluding ortho intramolecular Hbond substituents is 2. The fourth-order valence-corrected chi connectivity index (χ4v) is 16.1. The van der Waals surface area contributed by atoms with Crippen LogP contribution in [-0.4, -0.2) is 28.6 Å². The van der Waals surface area contributed by atoms with E-state index in [1.165, 1.54) is 110 Å². The lowest BCUT2D eigenvalue weighted by Crippen LogP contribution is -2.48. The summed E-state index contributed by atoms with van der Waals surface area (Å²) in [7, 11) is 1.76. The van der Waals surface area contributed by atoms with Gasteiger partial charge in [0.25, 0.3) is 0 Å². The normalized spacial score (nSPS) is 29.3. The molecular weight excluding hydrogens is 843 g/mol. The van der Waals surface area contributed by atoms with Crippen molar-refractivity contribution in [2.45, 2.75) is 180 Å². The maximum Gasteiger partial charge on any atom is 0.164 e. The fourth-order valence-electron chi connectivity index (χ4n) is 16.1. The molecule has 0 aromatic heterocycles. The zero-order valence-corrected chi connectivity index (χ0v) is 44.0. The van der Waals surface area contributed by atoms with Gasteiger partial charge < -0.3 is 14.9 Å². The minimum absolute atomic E-state index is 0.0193. The molecule has 1 heterocycles. The Kier molecular flexibility index (Phi) is 11.1. The zero-order valence-electron chi connectivity index (χ0n) is 44.0. The van der Waals surface area contributed by atoms with Crippen molar-refractivity contribution in [2.24, 2.45) is 35.5 Å². The molecule has 4 aromatic carbocycles. The highest BCUT2D eigenvalue weighted by Crippen LogP contribution is 2.65. The van der Waals surface area contributed by atoms with Crippen molar-refractivity contribution in [3.8, 4) is 33.8 Å². The van der Waals surface area contributed by atoms with Gasteiger partial charge in [0.05, 0.1) is 19.6 Å². The summed E-state index contributed by atoms with van der Waals surface area (Å²) in [6, 6.07) is 24.1. The van der Waals surface area contributed by atoms with E-state index in [-0.39, 0.29) is 33.5 Å². The van der Waals surface area contributed by atoms with Gasteiger partial charge in [-0.15, -0.1) is 0 Å². The summed E-state index contributed by atoms with van der Waals surface area (Å²) in [4.78, 5) is 0. The second kappa shape index (κ2) is 16.4. The number of phenols is 2. The number of aromatic hydroxyl groups is 2. The van der Waals surface area contributed by atoms with E-state index >= 15 is 0 Å². The van der Waals surface area contributed by atoms with Gasteiger partial charge >= 0.3 is 0 Å². The van der Waals surface area contributed by atoms with E-state index in [1.54, 1.807) is 7.11 Å². The molecule has 2 N–H and O–H groups in total. The molecule has 13 rings (SSSR count). The summed E-state index contributed by atoms with van der Waals surface area (Å²) in [6.07, 6.45) is 19.6. The Morgan fingerprint density at radius 3 is 1.38 bits per heavy atom. The third-order valence-corrected chi connectivity index (χ3v) is 19.1. The topological polar surface area (TPSA) is 52.7 Å². The molecule has 0 amide bonds. The molecule has 8 saturated carbocycles. The first kappa shape index (κ1) is 46.7. The maximum absolute atomic E-state index is 13.0. The van der Waals surface area contributed by atoms with Crippen molar-refractivity contribution in [2.75, 3.05) is 7.11 Å². The molecule has 69 heavy (non-hydrogen) atoms. The maximum atomic E-state index is 13.0. The Hall–Kier alpha value is -4.70. The molecule has 4 heteroatoms. The first-order valence-electron chi connectivity index (χ1n) is 27.1. The van der Waals surface area contributed by atoms with Crippen LogP contribution >= 0.6 is 0 Å². The van der Waals surface area contributed by atoms with Crippen molar-refractivity contribution in [1.82, 2.24) is 0 Å². The lowest BCUT2D eigenvalue weighted by atomic mass is 9.47. The molecule has 4 aromatic rings. The molecule has 1 aliphatic heterocycles. The molecule has 0 spiro atoms. The number of nitrogens with zero attached hydrogens (tertiary/aromatic N) is 1. The third-order valence-electron chi connectivity index (χ3n) is 19.1. The highest BCUT2D eigenvalue weighted by molar-refractivity contribution is 5.86. The van der Waals surface area contributed by atoms with Crippen LogP contribution in [0.5, 0.6) is 11.5 Å². The van der Waals surface area contributed by atoms with Crippen molar-refractivity contribution in [3.63, 3.8) is 0 Å². The van der Waals surface area contributed by atoms with E-state index in [4.69, 9.17) is 11.5 Å². The molecule has 8 aliphatic carbocycles. The standard InChI is InChI=1S/C65H81NO3/c1-37(2)45-13-15-50(54-25-47(62(5,6)7)27-56(60(54)67)64-31-39-17-40(32-64)19-41(18-39)33-64)52(23-45)58-29-49(69-12)30-59(66(58)11)53-24-46(38(3)4)14-16-51(53)55-26-48(63(8,9)10)28-57(61(55)68)65-34-42-20-43(35-65)22-44(21-42)36-65/h13-16,23-30,37-44,67-68H,11,17-22,31-36H2,1-10,12H3. The predicted octanol–water partition coefficient (Wildman–Crippen LogP) is 16.4. The van der Waals surface area contributed by atoms with Gasteiger partial charge in [-0.2, -0.15) is 0 Å². The lowest BCUT2D eigenvalue weighted by molar-refractivity contribution is -0.392. The molecule has 8 fully saturated rings. The fraction of sp³-hybridized carbons (Fsp3) is 0.538. The molecule has 8 bridgehead atoms. The van der Waals surface area contributed by atoms with Gasteiger partial charge in [0.1, 0.15) is 11.5 Å². The van der Waals surface area contributed by atoms with Crippen LogP contribution in [0.1, 0.15) is 203 Å². The van der Waals surface area contributed by atoms with Crippen molar-refractivity contribution in [3.05, 3.63) is 129 Å². The number of benzene rings is 4. The first-order chi connectivity index (χ1) is 32.6. The second-order valence-corrected chi connectivity index (χ2v) is 26.7. The van der Waals surface area contributed by atoms with Gasteiger partial charge in [0.2, 0.25) is 0 Å². The highest BCUT2D eigenvalue weighted by atomic mass is 16.5. The Labute approximate surface area is 415 Å². The number of hydrogen-bond donors (Lipinski definition) is 2. The van der Waals surface area contributed by atoms with Crippen molar-refractivity contribution in [1.29, 1.82) is 0 Å². The van der Waals surface area contributed by atoms with Crippen LogP contribution in [0.3, 0.4) is 0 Å². The van der Waals surface area contributed by atoms with Crippen LogP contribution in [0.25, 0.3) is 28.0 Å². The van der Waals surface area contributed by atoms with Gasteiger partial charge in [0, 0.05) is 22.3 Å². The molecule has 0 atom stereocenters. The van der Waals surface area contributed by atoms with Crippen LogP contribution in [0.4, 0.5) is 0 Å². The molecule has 364 valence electrons. The van der Waals surface area contributed by atoms with Gasteiger partial charge in [0.15, 0.2) is 11.7 Å². The minimum Gasteiger partial charge on any atom is -0.525 e. The molecule has 0 saturated heterocycles. The summed E-state index contributed by atoms with van der Waals surface area (Å²) in [5, 5.41) is 26.0. The molecule has 9 aliphatic rings. The van der Waals surface area contributed by atoms with E-state index in [2.05, 4.69) is 147 Å². The second-order valence-electron chi connectivity index (χ2n) is 26.7. The number of hydrogen-bond acceptors (Lipinski definition) is 3. The quantitative estimate of drug-likeness (QED) is 0.130. The number of methoxy groups -OCH3 is 1. The third kappa shape index (κ3) is 7.92. The van der Waals surface area contributed by atoms with Crippen LogP contribution in [-0.2, 0) is 26.4 Å². The average molecular weight is 924 g/mol. The summed E-state index contributed by atoms with van der Waals surface area (Å²) in [5.41, 5.74) is 14.0. The van der Waals surface area contributed by atoms with Crippen LogP contribution < -0.4 is 0 Å². The van der Waals surface area contributed by atoms with Crippen molar-refractivity contribution >= 4 is 12.4 Å². The SMILES string of the molecule is C=[N+]1C(c2cc(C(C)C)ccc2-c2cc(C(C)(C)C)cc(C34CC5CC(CC(C5)C3)C4)c2O)=CC(OC)=C[C-]1c1cc(C(C)C)ccc1-c1cc(C(C)(C)C)cc(C23CC4CC(CC(C4)C2)C3)c1O. The van der Waals surface area contributed by atoms with Gasteiger partial charge in [-0.25, -0.2) is 4.58 Å². The summed E-state index contributed by atoms with van der Waals surface area (Å²) in [5.74, 6) is 6.81. The van der Waals surface area contributed by atoms with E-state index < -0.39 is 0 Å². The van der Waals surface area contributed by atoms with Gasteiger partial charge in [-0.05, 0) is 198 Å². The van der Waals surface area contributed by atoms with E-state index in [0.29, 0.717) is 11.5 Å².